The summed E-state index contributed by atoms with van der Waals surface area (Å²) in [5.41, 5.74) is 0.669. The van der Waals surface area contributed by atoms with Crippen molar-refractivity contribution in [1.82, 2.24) is 10.2 Å². The highest BCUT2D eigenvalue weighted by Crippen LogP contribution is 2.23. The summed E-state index contributed by atoms with van der Waals surface area (Å²) in [5, 5.41) is 15.1. The molecule has 6 nitrogen and oxygen atoms in total. The zero-order valence-electron chi connectivity index (χ0n) is 12.1. The number of anilines is 1. The highest BCUT2D eigenvalue weighted by Gasteiger charge is 2.22. The third-order valence-electron chi connectivity index (χ3n) is 3.51. The molecule has 2 rings (SSSR count). The second kappa shape index (κ2) is 7.62. The number of methoxy groups -OCH3 is 1. The van der Waals surface area contributed by atoms with Crippen molar-refractivity contribution >= 4 is 11.6 Å². The Kier molecular flexibility index (Phi) is 5.55. The number of nitriles is 1. The van der Waals surface area contributed by atoms with Crippen molar-refractivity contribution in [3.05, 3.63) is 24.3 Å². The third kappa shape index (κ3) is 4.18. The van der Waals surface area contributed by atoms with Crippen LogP contribution in [0.3, 0.4) is 0 Å². The number of para-hydroxylation sites is 2. The maximum Gasteiger partial charge on any atom is 0.225 e. The van der Waals surface area contributed by atoms with Gasteiger partial charge in [0.1, 0.15) is 11.8 Å². The Hall–Kier alpha value is -2.10. The minimum atomic E-state index is -0.155. The van der Waals surface area contributed by atoms with Gasteiger partial charge in [0.05, 0.1) is 18.9 Å². The van der Waals surface area contributed by atoms with E-state index in [4.69, 9.17) is 10.00 Å². The molecule has 1 aromatic carbocycles. The number of piperazine rings is 1. The van der Waals surface area contributed by atoms with Crippen LogP contribution in [0.25, 0.3) is 0 Å². The van der Waals surface area contributed by atoms with E-state index in [1.807, 2.05) is 17.0 Å². The van der Waals surface area contributed by atoms with Crippen LogP contribution in [0.1, 0.15) is 6.42 Å². The van der Waals surface area contributed by atoms with Gasteiger partial charge < -0.3 is 15.4 Å². The maximum atomic E-state index is 12.0. The molecule has 1 atom stereocenters. The molecule has 0 saturated carbocycles. The SMILES string of the molecule is COc1ccccc1NC(=O)CCN1CCNCC1C#N. The van der Waals surface area contributed by atoms with Crippen molar-refractivity contribution < 1.29 is 9.53 Å². The van der Waals surface area contributed by atoms with Gasteiger partial charge in [0.2, 0.25) is 5.91 Å². The van der Waals surface area contributed by atoms with E-state index in [0.29, 0.717) is 30.9 Å². The second-order valence-electron chi connectivity index (χ2n) is 4.88. The lowest BCUT2D eigenvalue weighted by molar-refractivity contribution is -0.116. The van der Waals surface area contributed by atoms with Gasteiger partial charge in [-0.2, -0.15) is 5.26 Å². The molecule has 1 fully saturated rings. The van der Waals surface area contributed by atoms with Crippen molar-refractivity contribution in [1.29, 1.82) is 5.26 Å². The average Bonchev–Trinajstić information content (AvgIpc) is 2.53. The molecule has 0 bridgehead atoms. The van der Waals surface area contributed by atoms with E-state index in [9.17, 15) is 4.79 Å². The van der Waals surface area contributed by atoms with Crippen molar-refractivity contribution in [2.45, 2.75) is 12.5 Å². The molecular weight excluding hydrogens is 268 g/mol. The molecule has 1 unspecified atom stereocenters. The molecule has 0 radical (unpaired) electrons. The van der Waals surface area contributed by atoms with E-state index in [1.54, 1.807) is 19.2 Å². The number of hydrogen-bond acceptors (Lipinski definition) is 5. The fraction of sp³-hybridized carbons (Fsp3) is 0.467. The summed E-state index contributed by atoms with van der Waals surface area (Å²) in [6.07, 6.45) is 0.357. The number of nitrogens with zero attached hydrogens (tertiary/aromatic N) is 2. The number of nitrogens with one attached hydrogen (secondary N) is 2. The summed E-state index contributed by atoms with van der Waals surface area (Å²) in [6, 6.07) is 9.41. The van der Waals surface area contributed by atoms with Crippen molar-refractivity contribution in [3.63, 3.8) is 0 Å². The lowest BCUT2D eigenvalue weighted by Gasteiger charge is -2.31. The molecular formula is C15H20N4O2. The summed E-state index contributed by atoms with van der Waals surface area (Å²) in [5.74, 6) is 0.567. The van der Waals surface area contributed by atoms with Crippen LogP contribution in [-0.2, 0) is 4.79 Å². The number of carbonyl (C=O) groups is 1. The quantitative estimate of drug-likeness (QED) is 0.839. The van der Waals surface area contributed by atoms with Gasteiger partial charge >= 0.3 is 0 Å². The monoisotopic (exact) mass is 288 g/mol. The fourth-order valence-corrected chi connectivity index (χ4v) is 2.35. The number of amides is 1. The molecule has 1 heterocycles. The lowest BCUT2D eigenvalue weighted by Crippen LogP contribution is -2.51. The minimum Gasteiger partial charge on any atom is -0.495 e. The van der Waals surface area contributed by atoms with Gasteiger partial charge in [-0.3, -0.25) is 9.69 Å². The van der Waals surface area contributed by atoms with Gasteiger partial charge in [-0.15, -0.1) is 0 Å². The van der Waals surface area contributed by atoms with Crippen LogP contribution in [-0.4, -0.2) is 50.1 Å². The lowest BCUT2D eigenvalue weighted by atomic mass is 10.2. The van der Waals surface area contributed by atoms with Crippen LogP contribution in [0.4, 0.5) is 5.69 Å². The maximum absolute atomic E-state index is 12.0. The highest BCUT2D eigenvalue weighted by atomic mass is 16.5. The van der Waals surface area contributed by atoms with Gasteiger partial charge in [0.25, 0.3) is 0 Å². The zero-order valence-corrected chi connectivity index (χ0v) is 12.1. The minimum absolute atomic E-state index is 0.0743. The molecule has 2 N–H and O–H groups in total. The van der Waals surface area contributed by atoms with Gasteiger partial charge in [0.15, 0.2) is 0 Å². The Morgan fingerprint density at radius 2 is 2.38 bits per heavy atom. The smallest absolute Gasteiger partial charge is 0.225 e. The number of rotatable bonds is 5. The van der Waals surface area contributed by atoms with Crippen LogP contribution in [0.2, 0.25) is 0 Å². The fourth-order valence-electron chi connectivity index (χ4n) is 2.35. The third-order valence-corrected chi connectivity index (χ3v) is 3.51. The summed E-state index contributed by atoms with van der Waals surface area (Å²) >= 11 is 0. The summed E-state index contributed by atoms with van der Waals surface area (Å²) < 4.78 is 5.20. The molecule has 1 aliphatic heterocycles. The summed E-state index contributed by atoms with van der Waals surface area (Å²) in [7, 11) is 1.57. The first-order chi connectivity index (χ1) is 10.2. The highest BCUT2D eigenvalue weighted by molar-refractivity contribution is 5.92. The number of benzene rings is 1. The van der Waals surface area contributed by atoms with Crippen molar-refractivity contribution in [3.8, 4) is 11.8 Å². The molecule has 0 aliphatic carbocycles. The van der Waals surface area contributed by atoms with Gasteiger partial charge in [-0.25, -0.2) is 0 Å². The van der Waals surface area contributed by atoms with Gasteiger partial charge in [-0.1, -0.05) is 12.1 Å². The zero-order chi connectivity index (χ0) is 15.1. The topological polar surface area (TPSA) is 77.4 Å². The van der Waals surface area contributed by atoms with E-state index >= 15 is 0 Å². The van der Waals surface area contributed by atoms with Crippen molar-refractivity contribution in [2.24, 2.45) is 0 Å². The van der Waals surface area contributed by atoms with E-state index in [-0.39, 0.29) is 11.9 Å². The van der Waals surface area contributed by atoms with Crippen LogP contribution in [0, 0.1) is 11.3 Å². The van der Waals surface area contributed by atoms with Crippen molar-refractivity contribution in [2.75, 3.05) is 38.6 Å². The Morgan fingerprint density at radius 3 is 3.14 bits per heavy atom. The Balaban J connectivity index is 1.86. The van der Waals surface area contributed by atoms with Crippen LogP contribution >= 0.6 is 0 Å². The standard InChI is InChI=1S/C15H20N4O2/c1-21-14-5-3-2-4-13(14)18-15(20)6-8-19-9-7-17-11-12(19)10-16/h2-5,12,17H,6-9,11H2,1H3,(H,18,20). The van der Waals surface area contributed by atoms with E-state index in [2.05, 4.69) is 16.7 Å². The van der Waals surface area contributed by atoms with Crippen LogP contribution in [0.5, 0.6) is 5.75 Å². The predicted molar refractivity (Wildman–Crippen MR) is 80.1 cm³/mol. The molecule has 0 spiro atoms. The van der Waals surface area contributed by atoms with Crippen LogP contribution in [0.15, 0.2) is 24.3 Å². The molecule has 1 saturated heterocycles. The predicted octanol–water partition coefficient (Wildman–Crippen LogP) is 0.821. The first kappa shape index (κ1) is 15.3. The number of hydrogen-bond donors (Lipinski definition) is 2. The molecule has 1 aromatic rings. The molecule has 1 amide bonds. The van der Waals surface area contributed by atoms with E-state index in [0.717, 1.165) is 13.1 Å². The number of carbonyl (C=O) groups excluding carboxylic acids is 1. The normalized spacial score (nSPS) is 18.8. The first-order valence-corrected chi connectivity index (χ1v) is 7.02. The second-order valence-corrected chi connectivity index (χ2v) is 4.88. The number of ether oxygens (including phenoxy) is 1. The molecule has 112 valence electrons. The van der Waals surface area contributed by atoms with Gasteiger partial charge in [-0.05, 0) is 12.1 Å². The van der Waals surface area contributed by atoms with Gasteiger partial charge in [0, 0.05) is 32.6 Å². The molecule has 6 heteroatoms. The summed E-state index contributed by atoms with van der Waals surface area (Å²) in [6.45, 7) is 2.89. The Bertz CT molecular complexity index is 527. The first-order valence-electron chi connectivity index (χ1n) is 7.02. The largest absolute Gasteiger partial charge is 0.495 e. The van der Waals surface area contributed by atoms with Crippen LogP contribution < -0.4 is 15.4 Å². The average molecular weight is 288 g/mol. The van der Waals surface area contributed by atoms with E-state index in [1.165, 1.54) is 0 Å². The molecule has 1 aliphatic rings. The Morgan fingerprint density at radius 1 is 1.57 bits per heavy atom. The summed E-state index contributed by atoms with van der Waals surface area (Å²) in [4.78, 5) is 14.1. The molecule has 0 aromatic heterocycles. The van der Waals surface area contributed by atoms with E-state index < -0.39 is 0 Å². The molecule has 21 heavy (non-hydrogen) atoms. The Labute approximate surface area is 124 Å².